The van der Waals surface area contributed by atoms with Gasteiger partial charge >= 0.3 is 0 Å². The molecule has 0 bridgehead atoms. The molecule has 3 rings (SSSR count). The number of hydrogen-bond acceptors (Lipinski definition) is 2. The van der Waals surface area contributed by atoms with Crippen molar-refractivity contribution in [3.8, 4) is 10.4 Å². The zero-order valence-corrected chi connectivity index (χ0v) is 15.3. The van der Waals surface area contributed by atoms with Crippen LogP contribution in [-0.2, 0) is 0 Å². The van der Waals surface area contributed by atoms with Crippen molar-refractivity contribution >= 4 is 43.2 Å². The molecule has 2 aromatic rings. The molecule has 0 aliphatic heterocycles. The van der Waals surface area contributed by atoms with Crippen LogP contribution in [0.25, 0.3) is 10.4 Å². The molecule has 1 unspecified atom stereocenters. The Hall–Kier alpha value is -0.160. The van der Waals surface area contributed by atoms with E-state index in [9.17, 15) is 0 Å². The molecule has 1 N–H and O–H groups in total. The average Bonchev–Trinajstić information content (AvgIpc) is 3.16. The van der Waals surface area contributed by atoms with Crippen LogP contribution in [0.2, 0.25) is 0 Å². The van der Waals surface area contributed by atoms with Gasteiger partial charge in [-0.05, 0) is 55.6 Å². The number of nitrogens with one attached hydrogen (secondary N) is 1. The highest BCUT2D eigenvalue weighted by Crippen LogP contribution is 2.45. The maximum Gasteiger partial charge on any atom is 0.0443 e. The molecule has 0 radical (unpaired) electrons. The van der Waals surface area contributed by atoms with Crippen LogP contribution in [0.5, 0.6) is 0 Å². The second-order valence-electron chi connectivity index (χ2n) is 5.20. The molecule has 1 atom stereocenters. The monoisotopic (exact) mass is 413 g/mol. The van der Waals surface area contributed by atoms with Gasteiger partial charge in [-0.25, -0.2) is 0 Å². The fourth-order valence-corrected chi connectivity index (χ4v) is 4.66. The first-order chi connectivity index (χ1) is 9.69. The predicted octanol–water partition coefficient (Wildman–Crippen LogP) is 6.00. The summed E-state index contributed by atoms with van der Waals surface area (Å²) < 4.78 is 2.27. The van der Waals surface area contributed by atoms with Crippen molar-refractivity contribution in [3.05, 3.63) is 44.2 Å². The van der Waals surface area contributed by atoms with Crippen LogP contribution in [0.15, 0.2) is 39.3 Å². The third-order valence-corrected chi connectivity index (χ3v) is 6.03. The topological polar surface area (TPSA) is 12.0 Å². The summed E-state index contributed by atoms with van der Waals surface area (Å²) in [6.07, 6.45) is 2.73. The molecule has 20 heavy (non-hydrogen) atoms. The van der Waals surface area contributed by atoms with E-state index < -0.39 is 0 Å². The standard InChI is InChI=1S/C16H17Br2NS/c1-2-19-16(10-3-4-10)15-8-7-14(20-15)12-9-11(17)5-6-13(12)18/h5-10,16,19H,2-4H2,1H3. The Balaban J connectivity index is 1.90. The molecular formula is C16H17Br2NS. The summed E-state index contributed by atoms with van der Waals surface area (Å²) in [5, 5.41) is 3.64. The van der Waals surface area contributed by atoms with E-state index in [1.807, 2.05) is 11.3 Å². The lowest BCUT2D eigenvalue weighted by Gasteiger charge is -2.15. The van der Waals surface area contributed by atoms with Crippen LogP contribution in [0.1, 0.15) is 30.7 Å². The largest absolute Gasteiger partial charge is 0.309 e. The predicted molar refractivity (Wildman–Crippen MR) is 94.3 cm³/mol. The minimum Gasteiger partial charge on any atom is -0.309 e. The van der Waals surface area contributed by atoms with Gasteiger partial charge in [-0.15, -0.1) is 11.3 Å². The van der Waals surface area contributed by atoms with E-state index in [0.717, 1.165) is 21.4 Å². The van der Waals surface area contributed by atoms with Crippen molar-refractivity contribution in [2.75, 3.05) is 6.54 Å². The zero-order valence-electron chi connectivity index (χ0n) is 11.3. The number of halogens is 2. The van der Waals surface area contributed by atoms with Crippen molar-refractivity contribution in [3.63, 3.8) is 0 Å². The Morgan fingerprint density at radius 2 is 2.05 bits per heavy atom. The van der Waals surface area contributed by atoms with E-state index in [-0.39, 0.29) is 0 Å². The van der Waals surface area contributed by atoms with Crippen LogP contribution < -0.4 is 5.32 Å². The van der Waals surface area contributed by atoms with E-state index in [4.69, 9.17) is 0 Å². The maximum atomic E-state index is 3.66. The first-order valence-electron chi connectivity index (χ1n) is 6.97. The quantitative estimate of drug-likeness (QED) is 0.632. The van der Waals surface area contributed by atoms with Crippen molar-refractivity contribution < 1.29 is 0 Å². The van der Waals surface area contributed by atoms with Gasteiger partial charge in [-0.3, -0.25) is 0 Å². The fraction of sp³-hybridized carbons (Fsp3) is 0.375. The van der Waals surface area contributed by atoms with Gasteiger partial charge in [0.15, 0.2) is 0 Å². The van der Waals surface area contributed by atoms with E-state index in [1.165, 1.54) is 28.2 Å². The molecule has 1 nitrogen and oxygen atoms in total. The van der Waals surface area contributed by atoms with Gasteiger partial charge in [0.25, 0.3) is 0 Å². The van der Waals surface area contributed by atoms with E-state index >= 15 is 0 Å². The molecule has 0 spiro atoms. The minimum atomic E-state index is 0.546. The molecule has 1 saturated carbocycles. The highest BCUT2D eigenvalue weighted by atomic mass is 79.9. The Bertz CT molecular complexity index is 604. The Kier molecular flexibility index (Phi) is 4.65. The van der Waals surface area contributed by atoms with Crippen molar-refractivity contribution in [2.45, 2.75) is 25.8 Å². The molecule has 106 valence electrons. The summed E-state index contributed by atoms with van der Waals surface area (Å²) >= 11 is 9.13. The second-order valence-corrected chi connectivity index (χ2v) is 8.08. The molecule has 1 heterocycles. The Labute approximate surface area is 141 Å². The number of rotatable bonds is 5. The van der Waals surface area contributed by atoms with Gasteiger partial charge < -0.3 is 5.32 Å². The summed E-state index contributed by atoms with van der Waals surface area (Å²) in [6.45, 7) is 3.23. The van der Waals surface area contributed by atoms with Crippen LogP contribution in [0.4, 0.5) is 0 Å². The molecule has 0 saturated heterocycles. The lowest BCUT2D eigenvalue weighted by atomic mass is 10.1. The first kappa shape index (κ1) is 14.8. The second kappa shape index (κ2) is 6.30. The maximum absolute atomic E-state index is 3.66. The Morgan fingerprint density at radius 3 is 2.75 bits per heavy atom. The molecular weight excluding hydrogens is 398 g/mol. The molecule has 1 aliphatic carbocycles. The minimum absolute atomic E-state index is 0.546. The van der Waals surface area contributed by atoms with E-state index in [2.05, 4.69) is 74.4 Å². The SMILES string of the molecule is CCNC(c1ccc(-c2cc(Br)ccc2Br)s1)C1CC1. The van der Waals surface area contributed by atoms with Gasteiger partial charge in [0.05, 0.1) is 0 Å². The Morgan fingerprint density at radius 1 is 1.25 bits per heavy atom. The molecule has 1 aromatic carbocycles. The summed E-state index contributed by atoms with van der Waals surface area (Å²) in [7, 11) is 0. The van der Waals surface area contributed by atoms with Crippen molar-refractivity contribution in [1.82, 2.24) is 5.32 Å². The highest BCUT2D eigenvalue weighted by Gasteiger charge is 2.32. The molecule has 1 fully saturated rings. The van der Waals surface area contributed by atoms with Crippen LogP contribution in [-0.4, -0.2) is 6.54 Å². The van der Waals surface area contributed by atoms with Crippen LogP contribution in [0, 0.1) is 5.92 Å². The van der Waals surface area contributed by atoms with Gasteiger partial charge in [-0.1, -0.05) is 38.8 Å². The third-order valence-electron chi connectivity index (χ3n) is 3.64. The molecule has 1 aliphatic rings. The lowest BCUT2D eigenvalue weighted by Crippen LogP contribution is -2.21. The van der Waals surface area contributed by atoms with Crippen molar-refractivity contribution in [1.29, 1.82) is 0 Å². The number of thiophene rings is 1. The fourth-order valence-electron chi connectivity index (χ4n) is 2.50. The van der Waals surface area contributed by atoms with Crippen LogP contribution in [0.3, 0.4) is 0 Å². The molecule has 0 amide bonds. The van der Waals surface area contributed by atoms with Gasteiger partial charge in [0.2, 0.25) is 0 Å². The summed E-state index contributed by atoms with van der Waals surface area (Å²) in [4.78, 5) is 2.80. The normalized spacial score (nSPS) is 16.4. The van der Waals surface area contributed by atoms with E-state index in [1.54, 1.807) is 0 Å². The molecule has 4 heteroatoms. The number of hydrogen-bond donors (Lipinski definition) is 1. The highest BCUT2D eigenvalue weighted by molar-refractivity contribution is 9.11. The lowest BCUT2D eigenvalue weighted by molar-refractivity contribution is 0.504. The van der Waals surface area contributed by atoms with Gasteiger partial charge in [-0.2, -0.15) is 0 Å². The number of benzene rings is 1. The zero-order chi connectivity index (χ0) is 14.1. The van der Waals surface area contributed by atoms with Gasteiger partial charge in [0, 0.05) is 30.3 Å². The average molecular weight is 415 g/mol. The van der Waals surface area contributed by atoms with Crippen molar-refractivity contribution in [2.24, 2.45) is 5.92 Å². The smallest absolute Gasteiger partial charge is 0.0443 e. The van der Waals surface area contributed by atoms with Gasteiger partial charge in [0.1, 0.15) is 0 Å². The van der Waals surface area contributed by atoms with Crippen LogP contribution >= 0.6 is 43.2 Å². The summed E-state index contributed by atoms with van der Waals surface area (Å²) in [6, 6.07) is 11.4. The summed E-state index contributed by atoms with van der Waals surface area (Å²) in [5.74, 6) is 0.840. The first-order valence-corrected chi connectivity index (χ1v) is 9.38. The summed E-state index contributed by atoms with van der Waals surface area (Å²) in [5.41, 5.74) is 1.27. The third kappa shape index (κ3) is 3.19. The van der Waals surface area contributed by atoms with E-state index in [0.29, 0.717) is 6.04 Å². The molecule has 1 aromatic heterocycles.